The molecule has 0 fully saturated rings. The first-order valence-electron chi connectivity index (χ1n) is 6.25. The van der Waals surface area contributed by atoms with Crippen molar-refractivity contribution in [2.45, 2.75) is 32.4 Å². The molecule has 3 N–H and O–H groups in total. The van der Waals surface area contributed by atoms with Gasteiger partial charge in [0.2, 0.25) is 0 Å². The summed E-state index contributed by atoms with van der Waals surface area (Å²) in [5.41, 5.74) is -1.22. The molecule has 0 aliphatic heterocycles. The monoisotopic (exact) mass is 336 g/mol. The van der Waals surface area contributed by atoms with Gasteiger partial charge in [0.05, 0.1) is 5.02 Å². The number of urea groups is 1. The topological polar surface area (TPSA) is 87.7 Å². The molecule has 0 bridgehead atoms. The number of halogens is 3. The summed E-state index contributed by atoms with van der Waals surface area (Å²) < 4.78 is 28.4. The van der Waals surface area contributed by atoms with Crippen LogP contribution in [0.1, 0.15) is 20.3 Å². The fourth-order valence-electron chi connectivity index (χ4n) is 1.48. The normalized spacial score (nSPS) is 13.4. The number of nitrogens with one attached hydrogen (secondary N) is 2. The molecule has 2 amide bonds. The van der Waals surface area contributed by atoms with Crippen molar-refractivity contribution in [3.63, 3.8) is 0 Å². The van der Waals surface area contributed by atoms with E-state index in [1.54, 1.807) is 6.92 Å². The average Bonchev–Trinajstić information content (AvgIpc) is 2.41. The molecule has 1 aromatic carbocycles. The van der Waals surface area contributed by atoms with E-state index in [0.717, 1.165) is 0 Å². The van der Waals surface area contributed by atoms with Crippen LogP contribution in [0.3, 0.4) is 0 Å². The largest absolute Gasteiger partial charge is 0.480 e. The molecule has 0 aliphatic carbocycles. The van der Waals surface area contributed by atoms with Gasteiger partial charge in [0.25, 0.3) is 0 Å². The number of aliphatic carboxylic acids is 1. The number of carbonyl (C=O) groups is 2. The zero-order valence-corrected chi connectivity index (χ0v) is 12.6. The third kappa shape index (κ3) is 4.73. The zero-order chi connectivity index (χ0) is 16.9. The van der Waals surface area contributed by atoms with Crippen LogP contribution in [-0.4, -0.2) is 29.3 Å². The van der Waals surface area contributed by atoms with Crippen LogP contribution in [0.5, 0.6) is 5.75 Å². The minimum Gasteiger partial charge on any atom is -0.480 e. The lowest BCUT2D eigenvalue weighted by atomic mass is 10.00. The lowest BCUT2D eigenvalue weighted by Gasteiger charge is -2.24. The highest BCUT2D eigenvalue weighted by molar-refractivity contribution is 6.32. The Labute approximate surface area is 130 Å². The molecular weight excluding hydrogens is 322 g/mol. The van der Waals surface area contributed by atoms with Gasteiger partial charge in [-0.05, 0) is 31.5 Å². The second kappa shape index (κ2) is 7.26. The number of carbonyl (C=O) groups excluding carboxylic acids is 1. The fourth-order valence-corrected chi connectivity index (χ4v) is 1.70. The molecule has 9 heteroatoms. The first kappa shape index (κ1) is 18.0. The Bertz CT molecular complexity index is 571. The number of benzene rings is 1. The molecule has 0 saturated carbocycles. The van der Waals surface area contributed by atoms with Crippen molar-refractivity contribution in [2.75, 3.05) is 5.32 Å². The second-order valence-electron chi connectivity index (χ2n) is 4.59. The van der Waals surface area contributed by atoms with Gasteiger partial charge in [-0.3, -0.25) is 0 Å². The van der Waals surface area contributed by atoms with Gasteiger partial charge in [-0.1, -0.05) is 18.5 Å². The summed E-state index contributed by atoms with van der Waals surface area (Å²) in [6.45, 7) is -0.0381. The van der Waals surface area contributed by atoms with Crippen molar-refractivity contribution < 1.29 is 28.2 Å². The summed E-state index contributed by atoms with van der Waals surface area (Å²) in [4.78, 5) is 22.9. The average molecular weight is 337 g/mol. The molecule has 0 heterocycles. The van der Waals surface area contributed by atoms with Gasteiger partial charge in [0.1, 0.15) is 11.3 Å². The van der Waals surface area contributed by atoms with E-state index >= 15 is 0 Å². The highest BCUT2D eigenvalue weighted by Crippen LogP contribution is 2.28. The van der Waals surface area contributed by atoms with Crippen LogP contribution in [0, 0.1) is 0 Å². The Morgan fingerprint density at radius 1 is 1.45 bits per heavy atom. The van der Waals surface area contributed by atoms with Crippen LogP contribution in [0.2, 0.25) is 5.02 Å². The van der Waals surface area contributed by atoms with E-state index in [0.29, 0.717) is 0 Å². The third-order valence-corrected chi connectivity index (χ3v) is 3.27. The summed E-state index contributed by atoms with van der Waals surface area (Å²) in [5.74, 6) is -1.41. The molecule has 1 rings (SSSR count). The van der Waals surface area contributed by atoms with Crippen molar-refractivity contribution >= 4 is 29.3 Å². The molecule has 22 heavy (non-hydrogen) atoms. The summed E-state index contributed by atoms with van der Waals surface area (Å²) in [6, 6.07) is 2.92. The standard InChI is InChI=1S/C13H15ClF2N2O4/c1-3-13(2,10(19)20)18-12(21)17-7-4-5-9(8(14)6-7)22-11(15)16/h4-6,11H,3H2,1-2H3,(H,19,20)(H2,17,18,21). The summed E-state index contributed by atoms with van der Waals surface area (Å²) in [7, 11) is 0. The Balaban J connectivity index is 2.77. The minimum absolute atomic E-state index is 0.116. The Morgan fingerprint density at radius 2 is 2.09 bits per heavy atom. The number of anilines is 1. The highest BCUT2D eigenvalue weighted by atomic mass is 35.5. The number of hydrogen-bond acceptors (Lipinski definition) is 3. The van der Waals surface area contributed by atoms with Crippen LogP contribution in [0.4, 0.5) is 19.3 Å². The summed E-state index contributed by atoms with van der Waals surface area (Å²) >= 11 is 5.74. The van der Waals surface area contributed by atoms with E-state index in [-0.39, 0.29) is 22.9 Å². The maximum atomic E-state index is 12.1. The smallest absolute Gasteiger partial charge is 0.387 e. The van der Waals surface area contributed by atoms with Crippen LogP contribution in [0.25, 0.3) is 0 Å². The van der Waals surface area contributed by atoms with Gasteiger partial charge in [0.15, 0.2) is 0 Å². The molecule has 0 saturated heterocycles. The maximum Gasteiger partial charge on any atom is 0.387 e. The van der Waals surface area contributed by atoms with Crippen LogP contribution in [-0.2, 0) is 4.79 Å². The minimum atomic E-state index is -3.01. The molecule has 122 valence electrons. The first-order chi connectivity index (χ1) is 10.2. The molecular formula is C13H15ClF2N2O4. The lowest BCUT2D eigenvalue weighted by Crippen LogP contribution is -2.53. The zero-order valence-electron chi connectivity index (χ0n) is 11.8. The van der Waals surface area contributed by atoms with Crippen LogP contribution in [0.15, 0.2) is 18.2 Å². The highest BCUT2D eigenvalue weighted by Gasteiger charge is 2.32. The molecule has 0 spiro atoms. The predicted molar refractivity (Wildman–Crippen MR) is 76.6 cm³/mol. The number of rotatable bonds is 6. The van der Waals surface area contributed by atoms with Crippen LogP contribution >= 0.6 is 11.6 Å². The Hall–Kier alpha value is -2.09. The SMILES string of the molecule is CCC(C)(NC(=O)Nc1ccc(OC(F)F)c(Cl)c1)C(=O)O. The van der Waals surface area contributed by atoms with E-state index in [9.17, 15) is 18.4 Å². The molecule has 1 aromatic rings. The molecule has 0 aliphatic rings. The van der Waals surface area contributed by atoms with Gasteiger partial charge >= 0.3 is 18.6 Å². The van der Waals surface area contributed by atoms with Crippen molar-refractivity contribution in [1.29, 1.82) is 0 Å². The summed E-state index contributed by atoms with van der Waals surface area (Å²) in [6.07, 6.45) is 0.178. The molecule has 1 atom stereocenters. The molecule has 0 aromatic heterocycles. The van der Waals surface area contributed by atoms with E-state index in [2.05, 4.69) is 15.4 Å². The van der Waals surface area contributed by atoms with Gasteiger partial charge in [-0.2, -0.15) is 8.78 Å². The van der Waals surface area contributed by atoms with Crippen molar-refractivity contribution in [1.82, 2.24) is 5.32 Å². The number of carboxylic acids is 1. The summed E-state index contributed by atoms with van der Waals surface area (Å²) in [5, 5.41) is 13.6. The first-order valence-corrected chi connectivity index (χ1v) is 6.62. The number of alkyl halides is 2. The van der Waals surface area contributed by atoms with Crippen LogP contribution < -0.4 is 15.4 Å². The molecule has 0 radical (unpaired) electrons. The maximum absolute atomic E-state index is 12.1. The van der Waals surface area contributed by atoms with Crippen molar-refractivity contribution in [3.8, 4) is 5.75 Å². The Morgan fingerprint density at radius 3 is 2.55 bits per heavy atom. The lowest BCUT2D eigenvalue weighted by molar-refractivity contribution is -0.143. The number of carboxylic acid groups (broad SMARTS) is 1. The quantitative estimate of drug-likeness (QED) is 0.743. The van der Waals surface area contributed by atoms with Crippen molar-refractivity contribution in [3.05, 3.63) is 23.2 Å². The predicted octanol–water partition coefficient (Wildman–Crippen LogP) is 3.32. The number of amides is 2. The third-order valence-electron chi connectivity index (χ3n) is 2.97. The fraction of sp³-hybridized carbons (Fsp3) is 0.385. The second-order valence-corrected chi connectivity index (χ2v) is 5.00. The van der Waals surface area contributed by atoms with E-state index < -0.39 is 24.2 Å². The number of hydrogen-bond donors (Lipinski definition) is 3. The van der Waals surface area contributed by atoms with Crippen molar-refractivity contribution in [2.24, 2.45) is 0 Å². The van der Waals surface area contributed by atoms with E-state index in [4.69, 9.17) is 16.7 Å². The van der Waals surface area contributed by atoms with E-state index in [1.807, 2.05) is 0 Å². The van der Waals surface area contributed by atoms with E-state index in [1.165, 1.54) is 25.1 Å². The van der Waals surface area contributed by atoms with Gasteiger partial charge in [-0.15, -0.1) is 0 Å². The number of ether oxygens (including phenoxy) is 1. The van der Waals surface area contributed by atoms with Gasteiger partial charge in [0, 0.05) is 5.69 Å². The Kier molecular flexibility index (Phi) is 5.92. The van der Waals surface area contributed by atoms with Gasteiger partial charge in [-0.25, -0.2) is 9.59 Å². The molecule has 6 nitrogen and oxygen atoms in total. The van der Waals surface area contributed by atoms with Gasteiger partial charge < -0.3 is 20.5 Å². The molecule has 1 unspecified atom stereocenters.